The summed E-state index contributed by atoms with van der Waals surface area (Å²) in [5.41, 5.74) is 6.08. The van der Waals surface area contributed by atoms with E-state index in [2.05, 4.69) is 0 Å². The molecule has 20 heavy (non-hydrogen) atoms. The summed E-state index contributed by atoms with van der Waals surface area (Å²) in [6, 6.07) is 5.14. The lowest BCUT2D eigenvalue weighted by Crippen LogP contribution is -2.47. The zero-order valence-corrected chi connectivity index (χ0v) is 11.1. The lowest BCUT2D eigenvalue weighted by atomic mass is 9.92. The van der Waals surface area contributed by atoms with Crippen LogP contribution in [0.2, 0.25) is 0 Å². The summed E-state index contributed by atoms with van der Waals surface area (Å²) in [6.45, 7) is 1.46. The second-order valence-corrected chi connectivity index (χ2v) is 5.32. The van der Waals surface area contributed by atoms with Crippen LogP contribution in [0.15, 0.2) is 24.3 Å². The molecule has 1 saturated heterocycles. The fourth-order valence-corrected chi connectivity index (χ4v) is 2.71. The van der Waals surface area contributed by atoms with Crippen LogP contribution in [0.1, 0.15) is 18.4 Å². The third-order valence-electron chi connectivity index (χ3n) is 3.67. The number of aliphatic hydroxyl groups excluding tert-OH is 1. The summed E-state index contributed by atoms with van der Waals surface area (Å²) >= 11 is 0. The van der Waals surface area contributed by atoms with Gasteiger partial charge in [0, 0.05) is 31.4 Å². The molecule has 1 aliphatic rings. The van der Waals surface area contributed by atoms with Crippen LogP contribution in [-0.4, -0.2) is 30.8 Å². The van der Waals surface area contributed by atoms with E-state index in [0.717, 1.165) is 30.8 Å². The SMILES string of the molecule is NC1CC(CCO)CN(c2ccc(C(F)(F)F)cc2)C1. The van der Waals surface area contributed by atoms with E-state index in [1.807, 2.05) is 4.90 Å². The summed E-state index contributed by atoms with van der Waals surface area (Å²) in [7, 11) is 0. The van der Waals surface area contributed by atoms with Gasteiger partial charge in [-0.2, -0.15) is 13.2 Å². The summed E-state index contributed by atoms with van der Waals surface area (Å²) < 4.78 is 37.6. The van der Waals surface area contributed by atoms with Crippen molar-refractivity contribution in [1.82, 2.24) is 0 Å². The molecule has 112 valence electrons. The molecule has 2 unspecified atom stereocenters. The molecule has 2 rings (SSSR count). The number of anilines is 1. The molecule has 0 aliphatic carbocycles. The topological polar surface area (TPSA) is 49.5 Å². The van der Waals surface area contributed by atoms with Crippen molar-refractivity contribution in [3.05, 3.63) is 29.8 Å². The van der Waals surface area contributed by atoms with Crippen molar-refractivity contribution in [2.45, 2.75) is 25.1 Å². The van der Waals surface area contributed by atoms with Gasteiger partial charge in [0.05, 0.1) is 5.56 Å². The number of aliphatic hydroxyl groups is 1. The van der Waals surface area contributed by atoms with E-state index < -0.39 is 11.7 Å². The first-order valence-corrected chi connectivity index (χ1v) is 6.69. The van der Waals surface area contributed by atoms with E-state index in [9.17, 15) is 13.2 Å². The van der Waals surface area contributed by atoms with E-state index in [0.29, 0.717) is 13.0 Å². The first-order chi connectivity index (χ1) is 9.40. The maximum atomic E-state index is 12.5. The molecule has 1 aromatic carbocycles. The van der Waals surface area contributed by atoms with Gasteiger partial charge in [-0.1, -0.05) is 0 Å². The molecular weight excluding hydrogens is 269 g/mol. The quantitative estimate of drug-likeness (QED) is 0.897. The lowest BCUT2D eigenvalue weighted by Gasteiger charge is -2.37. The summed E-state index contributed by atoms with van der Waals surface area (Å²) in [5.74, 6) is 0.283. The molecule has 0 spiro atoms. The number of alkyl halides is 3. The average Bonchev–Trinajstić information content (AvgIpc) is 2.37. The smallest absolute Gasteiger partial charge is 0.396 e. The van der Waals surface area contributed by atoms with E-state index in [4.69, 9.17) is 10.8 Å². The largest absolute Gasteiger partial charge is 0.416 e. The van der Waals surface area contributed by atoms with Gasteiger partial charge in [0.2, 0.25) is 0 Å². The van der Waals surface area contributed by atoms with Crippen LogP contribution in [0.25, 0.3) is 0 Å². The van der Waals surface area contributed by atoms with Crippen molar-refractivity contribution < 1.29 is 18.3 Å². The number of hydrogen-bond donors (Lipinski definition) is 2. The molecule has 2 atom stereocenters. The van der Waals surface area contributed by atoms with Crippen molar-refractivity contribution in [1.29, 1.82) is 0 Å². The number of halogens is 3. The molecular formula is C14H19F3N2O. The first kappa shape index (κ1) is 15.1. The number of piperidine rings is 1. The van der Waals surface area contributed by atoms with Crippen LogP contribution < -0.4 is 10.6 Å². The minimum atomic E-state index is -4.31. The molecule has 0 bridgehead atoms. The van der Waals surface area contributed by atoms with Gasteiger partial charge in [-0.15, -0.1) is 0 Å². The Morgan fingerprint density at radius 1 is 1.20 bits per heavy atom. The van der Waals surface area contributed by atoms with Gasteiger partial charge in [0.15, 0.2) is 0 Å². The first-order valence-electron chi connectivity index (χ1n) is 6.69. The summed E-state index contributed by atoms with van der Waals surface area (Å²) in [4.78, 5) is 1.99. The number of benzene rings is 1. The second-order valence-electron chi connectivity index (χ2n) is 5.32. The molecule has 3 N–H and O–H groups in total. The maximum absolute atomic E-state index is 12.5. The number of hydrogen-bond acceptors (Lipinski definition) is 3. The molecule has 6 heteroatoms. The van der Waals surface area contributed by atoms with E-state index >= 15 is 0 Å². The second kappa shape index (κ2) is 6.01. The van der Waals surface area contributed by atoms with Gasteiger partial charge in [-0.05, 0) is 43.0 Å². The van der Waals surface area contributed by atoms with E-state index in [1.54, 1.807) is 0 Å². The van der Waals surface area contributed by atoms with Crippen LogP contribution in [0.4, 0.5) is 18.9 Å². The predicted octanol–water partition coefficient (Wildman–Crippen LogP) is 2.24. The van der Waals surface area contributed by atoms with Crippen molar-refractivity contribution in [3.63, 3.8) is 0 Å². The molecule has 1 aromatic rings. The highest BCUT2D eigenvalue weighted by molar-refractivity contribution is 5.48. The maximum Gasteiger partial charge on any atom is 0.416 e. The molecule has 0 radical (unpaired) electrons. The minimum absolute atomic E-state index is 0.0115. The molecule has 1 fully saturated rings. The predicted molar refractivity (Wildman–Crippen MR) is 71.4 cm³/mol. The van der Waals surface area contributed by atoms with Gasteiger partial charge >= 0.3 is 6.18 Å². The monoisotopic (exact) mass is 288 g/mol. The number of rotatable bonds is 3. The fourth-order valence-electron chi connectivity index (χ4n) is 2.71. The van der Waals surface area contributed by atoms with Crippen molar-refractivity contribution in [2.75, 3.05) is 24.6 Å². The van der Waals surface area contributed by atoms with Crippen LogP contribution in [-0.2, 0) is 6.18 Å². The van der Waals surface area contributed by atoms with Gasteiger partial charge in [-0.3, -0.25) is 0 Å². The molecule has 1 aliphatic heterocycles. The van der Waals surface area contributed by atoms with Crippen LogP contribution in [0.3, 0.4) is 0 Å². The summed E-state index contributed by atoms with van der Waals surface area (Å²) in [5, 5.41) is 9.00. The fraction of sp³-hybridized carbons (Fsp3) is 0.571. The zero-order chi connectivity index (χ0) is 14.8. The molecule has 1 heterocycles. The Balaban J connectivity index is 2.10. The third kappa shape index (κ3) is 3.64. The van der Waals surface area contributed by atoms with Crippen LogP contribution >= 0.6 is 0 Å². The van der Waals surface area contributed by atoms with Crippen molar-refractivity contribution >= 4 is 5.69 Å². The highest BCUT2D eigenvalue weighted by atomic mass is 19.4. The molecule has 0 aromatic heterocycles. The number of nitrogens with two attached hydrogens (primary N) is 1. The minimum Gasteiger partial charge on any atom is -0.396 e. The lowest BCUT2D eigenvalue weighted by molar-refractivity contribution is -0.137. The standard InChI is InChI=1S/C14H19F3N2O/c15-14(16,17)11-1-3-13(4-2-11)19-8-10(5-6-20)7-12(18)9-19/h1-4,10,12,20H,5-9,18H2. The molecule has 0 amide bonds. The van der Waals surface area contributed by atoms with E-state index in [-0.39, 0.29) is 18.6 Å². The Hall–Kier alpha value is -1.27. The van der Waals surface area contributed by atoms with Crippen molar-refractivity contribution in [3.8, 4) is 0 Å². The van der Waals surface area contributed by atoms with E-state index in [1.165, 1.54) is 12.1 Å². The highest BCUT2D eigenvalue weighted by Gasteiger charge is 2.31. The van der Waals surface area contributed by atoms with Crippen molar-refractivity contribution in [2.24, 2.45) is 11.7 Å². The normalized spacial score (nSPS) is 23.9. The zero-order valence-electron chi connectivity index (χ0n) is 11.1. The third-order valence-corrected chi connectivity index (χ3v) is 3.67. The Labute approximate surface area is 116 Å². The van der Waals surface area contributed by atoms with Gasteiger partial charge in [0.1, 0.15) is 0 Å². The summed E-state index contributed by atoms with van der Waals surface area (Å²) in [6.07, 6.45) is -2.79. The number of nitrogens with zero attached hydrogens (tertiary/aromatic N) is 1. The van der Waals surface area contributed by atoms with Gasteiger partial charge in [-0.25, -0.2) is 0 Å². The van der Waals surface area contributed by atoms with Gasteiger partial charge < -0.3 is 15.7 Å². The Morgan fingerprint density at radius 2 is 1.85 bits per heavy atom. The average molecular weight is 288 g/mol. The Kier molecular flexibility index (Phi) is 4.55. The molecule has 3 nitrogen and oxygen atoms in total. The molecule has 0 saturated carbocycles. The van der Waals surface area contributed by atoms with Crippen LogP contribution in [0.5, 0.6) is 0 Å². The van der Waals surface area contributed by atoms with Crippen LogP contribution in [0, 0.1) is 5.92 Å². The Bertz CT molecular complexity index is 433. The Morgan fingerprint density at radius 3 is 2.40 bits per heavy atom. The van der Waals surface area contributed by atoms with Gasteiger partial charge in [0.25, 0.3) is 0 Å². The highest BCUT2D eigenvalue weighted by Crippen LogP contribution is 2.31.